The molecular weight excluding hydrogens is 578 g/mol. The van der Waals surface area contributed by atoms with Gasteiger partial charge in [0.25, 0.3) is 0 Å². The maximum Gasteiger partial charge on any atom is 0.422 e. The lowest BCUT2D eigenvalue weighted by molar-refractivity contribution is -0.154. The number of thioether (sulfide) groups is 2. The molecule has 0 bridgehead atoms. The highest BCUT2D eigenvalue weighted by molar-refractivity contribution is 8.01. The lowest BCUT2D eigenvalue weighted by atomic mass is 10.0. The number of ether oxygens (including phenoxy) is 2. The van der Waals surface area contributed by atoms with Crippen molar-refractivity contribution in [3.8, 4) is 0 Å². The molecule has 1 unspecified atom stereocenters. The number of nitrogens with zero attached hydrogens (tertiary/aromatic N) is 4. The fourth-order valence-corrected chi connectivity index (χ4v) is 6.97. The molecule has 2 amide bonds. The molecule has 0 spiro atoms. The van der Waals surface area contributed by atoms with Crippen LogP contribution in [-0.2, 0) is 19.1 Å². The van der Waals surface area contributed by atoms with Crippen LogP contribution in [0, 0.1) is 0 Å². The zero-order valence-electron chi connectivity index (χ0n) is 23.4. The average Bonchev–Trinajstić information content (AvgIpc) is 3.48. The summed E-state index contributed by atoms with van der Waals surface area (Å²) >= 11 is 2.80. The summed E-state index contributed by atoms with van der Waals surface area (Å²) in [6.45, 7) is 7.15. The number of tetrazole rings is 1. The highest BCUT2D eigenvalue weighted by Crippen LogP contribution is 2.44. The number of nitrogens with one attached hydrogen (secondary N) is 3. The number of aromatic amines is 1. The number of carbonyl (C=O) groups excluding carboxylic acids is 3. The Morgan fingerprint density at radius 2 is 1.74 bits per heavy atom. The second-order valence-electron chi connectivity index (χ2n) is 10.6. The summed E-state index contributed by atoms with van der Waals surface area (Å²) in [5.41, 5.74) is 7.01. The third-order valence-corrected chi connectivity index (χ3v) is 8.77. The maximum atomic E-state index is 14.1. The van der Waals surface area contributed by atoms with Crippen molar-refractivity contribution < 1.29 is 23.9 Å². The van der Waals surface area contributed by atoms with Crippen LogP contribution in [0.3, 0.4) is 0 Å². The standard InChI is InChI=1S/C28H31N7O5S2/c1-16(42-26-30-33-34-31-26)19-15-41-24-20(29-32-27(38)40-28(2,3)4)23(36)35(24)21(19)25(37)39-22(17-11-7-5-8-12-17)18-13-9-6-10-14-18/h5-14,16,20,22,24,29H,15H2,1-4H3,(H,32,38)(H,30,31,33,34)/t16?,20-,24-/m1/s1. The van der Waals surface area contributed by atoms with Gasteiger partial charge in [-0.1, -0.05) is 72.4 Å². The average molecular weight is 610 g/mol. The molecule has 14 heteroatoms. The van der Waals surface area contributed by atoms with E-state index in [1.54, 1.807) is 20.8 Å². The number of benzene rings is 2. The van der Waals surface area contributed by atoms with Gasteiger partial charge in [0.15, 0.2) is 6.10 Å². The maximum absolute atomic E-state index is 14.1. The Bertz CT molecular complexity index is 1410. The van der Waals surface area contributed by atoms with E-state index in [0.29, 0.717) is 16.5 Å². The van der Waals surface area contributed by atoms with Gasteiger partial charge in [-0.05, 0) is 49.6 Å². The lowest BCUT2D eigenvalue weighted by Crippen LogP contribution is -2.72. The number of hydrogen-bond donors (Lipinski definition) is 3. The summed E-state index contributed by atoms with van der Waals surface area (Å²) in [6.07, 6.45) is -1.40. The normalized spacial score (nSPS) is 19.2. The third-order valence-electron chi connectivity index (χ3n) is 6.45. The minimum absolute atomic E-state index is 0.180. The van der Waals surface area contributed by atoms with Gasteiger partial charge in [-0.25, -0.2) is 15.0 Å². The van der Waals surface area contributed by atoms with E-state index in [4.69, 9.17) is 9.47 Å². The summed E-state index contributed by atoms with van der Waals surface area (Å²) in [6, 6.07) is 18.1. The van der Waals surface area contributed by atoms with Gasteiger partial charge >= 0.3 is 12.1 Å². The van der Waals surface area contributed by atoms with E-state index < -0.39 is 35.2 Å². The molecule has 3 N–H and O–H groups in total. The monoisotopic (exact) mass is 609 g/mol. The summed E-state index contributed by atoms with van der Waals surface area (Å²) in [7, 11) is 0. The molecule has 1 aromatic heterocycles. The Morgan fingerprint density at radius 3 is 2.31 bits per heavy atom. The molecule has 2 aromatic carbocycles. The molecule has 3 aromatic rings. The van der Waals surface area contributed by atoms with Gasteiger partial charge in [-0.3, -0.25) is 15.1 Å². The summed E-state index contributed by atoms with van der Waals surface area (Å²) < 4.78 is 11.5. The molecule has 2 aliphatic rings. The number of aromatic nitrogens is 4. The fourth-order valence-electron chi connectivity index (χ4n) is 4.56. The number of hydrazine groups is 1. The highest BCUT2D eigenvalue weighted by atomic mass is 32.2. The highest BCUT2D eigenvalue weighted by Gasteiger charge is 2.54. The van der Waals surface area contributed by atoms with E-state index in [2.05, 4.69) is 31.5 Å². The van der Waals surface area contributed by atoms with E-state index in [-0.39, 0.29) is 16.9 Å². The Balaban J connectivity index is 1.43. The Labute approximate surface area is 251 Å². The van der Waals surface area contributed by atoms with Gasteiger partial charge in [0.2, 0.25) is 11.1 Å². The SMILES string of the molecule is CC(Sc1nn[nH]n1)C1=C(C(=O)OC(c2ccccc2)c2ccccc2)N2C(=O)[C@@H](NNC(=O)OC(C)(C)C)[C@H]2SC1. The fraction of sp³-hybridized carbons (Fsp3) is 0.357. The Hall–Kier alpha value is -3.88. The van der Waals surface area contributed by atoms with Gasteiger partial charge in [0, 0.05) is 11.0 Å². The van der Waals surface area contributed by atoms with E-state index in [9.17, 15) is 14.4 Å². The number of hydrogen-bond acceptors (Lipinski definition) is 11. The van der Waals surface area contributed by atoms with Crippen LogP contribution >= 0.6 is 23.5 Å². The van der Waals surface area contributed by atoms with Crippen molar-refractivity contribution in [1.82, 2.24) is 36.4 Å². The molecule has 42 heavy (non-hydrogen) atoms. The van der Waals surface area contributed by atoms with Crippen molar-refractivity contribution in [2.45, 2.75) is 61.2 Å². The Morgan fingerprint density at radius 1 is 1.10 bits per heavy atom. The minimum atomic E-state index is -0.758. The van der Waals surface area contributed by atoms with E-state index in [1.165, 1.54) is 28.4 Å². The quantitative estimate of drug-likeness (QED) is 0.141. The van der Waals surface area contributed by atoms with Crippen molar-refractivity contribution >= 4 is 41.5 Å². The van der Waals surface area contributed by atoms with Crippen LogP contribution in [0.1, 0.15) is 44.9 Å². The van der Waals surface area contributed by atoms with Gasteiger partial charge in [-0.2, -0.15) is 5.21 Å². The van der Waals surface area contributed by atoms with Crippen molar-refractivity contribution in [1.29, 1.82) is 0 Å². The number of amides is 2. The molecule has 1 fully saturated rings. The number of rotatable bonds is 9. The van der Waals surface area contributed by atoms with Crippen LogP contribution in [0.15, 0.2) is 77.1 Å². The summed E-state index contributed by atoms with van der Waals surface area (Å²) in [5, 5.41) is 13.8. The molecule has 3 heterocycles. The molecule has 0 saturated carbocycles. The van der Waals surface area contributed by atoms with Gasteiger partial charge in [0.05, 0.1) is 0 Å². The Kier molecular flexibility index (Phi) is 8.85. The number of carbonyl (C=O) groups is 3. The van der Waals surface area contributed by atoms with Crippen molar-refractivity contribution in [3.63, 3.8) is 0 Å². The number of esters is 1. The lowest BCUT2D eigenvalue weighted by Gasteiger charge is -2.50. The molecular formula is C28H31N7O5S2. The van der Waals surface area contributed by atoms with Gasteiger partial charge < -0.3 is 9.47 Å². The topological polar surface area (TPSA) is 151 Å². The second kappa shape index (κ2) is 12.5. The molecule has 2 aliphatic heterocycles. The third kappa shape index (κ3) is 6.61. The van der Waals surface area contributed by atoms with Crippen LogP contribution in [0.5, 0.6) is 0 Å². The molecule has 3 atom stereocenters. The summed E-state index contributed by atoms with van der Waals surface area (Å²) in [4.78, 5) is 41.2. The van der Waals surface area contributed by atoms with Gasteiger partial charge in [-0.15, -0.1) is 22.0 Å². The van der Waals surface area contributed by atoms with E-state index >= 15 is 0 Å². The minimum Gasteiger partial charge on any atom is -0.448 e. The molecule has 0 radical (unpaired) electrons. The number of H-pyrrole nitrogens is 1. The molecule has 220 valence electrons. The second-order valence-corrected chi connectivity index (χ2v) is 13.0. The predicted octanol–water partition coefficient (Wildman–Crippen LogP) is 3.58. The van der Waals surface area contributed by atoms with Crippen molar-refractivity contribution in [2.75, 3.05) is 5.75 Å². The first-order chi connectivity index (χ1) is 20.1. The van der Waals surface area contributed by atoms with Crippen LogP contribution in [0.4, 0.5) is 4.79 Å². The largest absolute Gasteiger partial charge is 0.448 e. The zero-order chi connectivity index (χ0) is 29.9. The first-order valence-corrected chi connectivity index (χ1v) is 15.2. The number of fused-ring (bicyclic) bond motifs is 1. The smallest absolute Gasteiger partial charge is 0.422 e. The molecule has 12 nitrogen and oxygen atoms in total. The van der Waals surface area contributed by atoms with Crippen LogP contribution < -0.4 is 10.9 Å². The number of β-lactam (4-membered cyclic amide) rings is 1. The van der Waals surface area contributed by atoms with Crippen LogP contribution in [0.25, 0.3) is 0 Å². The van der Waals surface area contributed by atoms with Crippen LogP contribution in [0.2, 0.25) is 0 Å². The van der Waals surface area contributed by atoms with Crippen molar-refractivity contribution in [2.24, 2.45) is 0 Å². The molecule has 5 rings (SSSR count). The molecule has 0 aliphatic carbocycles. The first-order valence-electron chi connectivity index (χ1n) is 13.3. The molecule has 1 saturated heterocycles. The predicted molar refractivity (Wildman–Crippen MR) is 157 cm³/mol. The summed E-state index contributed by atoms with van der Waals surface area (Å²) in [5.74, 6) is -0.558. The van der Waals surface area contributed by atoms with E-state index in [0.717, 1.165) is 11.1 Å². The first kappa shape index (κ1) is 29.6. The van der Waals surface area contributed by atoms with Crippen molar-refractivity contribution in [3.05, 3.63) is 83.1 Å². The zero-order valence-corrected chi connectivity index (χ0v) is 25.1. The van der Waals surface area contributed by atoms with E-state index in [1.807, 2.05) is 67.6 Å². The van der Waals surface area contributed by atoms with Crippen LogP contribution in [-0.4, -0.2) is 71.5 Å². The van der Waals surface area contributed by atoms with Gasteiger partial charge in [0.1, 0.15) is 22.7 Å².